The molecule has 1 unspecified atom stereocenters. The van der Waals surface area contributed by atoms with Crippen LogP contribution in [0.4, 0.5) is 5.69 Å². The minimum Gasteiger partial charge on any atom is -0.459 e. The number of hydrogen-bond acceptors (Lipinski definition) is 4. The molecule has 0 bridgehead atoms. The summed E-state index contributed by atoms with van der Waals surface area (Å²) < 4.78 is 10.4. The summed E-state index contributed by atoms with van der Waals surface area (Å²) in [5.74, 6) is 1.50. The number of nitrogens with zero attached hydrogens (tertiary/aromatic N) is 2. The van der Waals surface area contributed by atoms with Crippen LogP contribution in [-0.2, 0) is 11.3 Å². The number of ether oxygens (including phenoxy) is 1. The van der Waals surface area contributed by atoms with E-state index in [2.05, 4.69) is 22.5 Å². The van der Waals surface area contributed by atoms with Crippen molar-refractivity contribution in [3.8, 4) is 0 Å². The summed E-state index contributed by atoms with van der Waals surface area (Å²) in [6.07, 6.45) is 2.60. The minimum absolute atomic E-state index is 0.264. The van der Waals surface area contributed by atoms with Crippen molar-refractivity contribution in [3.05, 3.63) is 54.0 Å². The molecule has 2 N–H and O–H groups in total. The van der Waals surface area contributed by atoms with Crippen LogP contribution >= 0.6 is 0 Å². The normalized spacial score (nSPS) is 17.0. The zero-order valence-corrected chi connectivity index (χ0v) is 16.5. The first-order valence-electron chi connectivity index (χ1n) is 9.65. The first kappa shape index (κ1) is 19.9. The maximum atomic E-state index is 12.1. The van der Waals surface area contributed by atoms with Crippen LogP contribution in [0.5, 0.6) is 0 Å². The summed E-state index contributed by atoms with van der Waals surface area (Å²) in [7, 11) is 1.75. The lowest BCUT2D eigenvalue weighted by Crippen LogP contribution is -2.40. The third-order valence-corrected chi connectivity index (χ3v) is 4.66. The Kier molecular flexibility index (Phi) is 7.08. The van der Waals surface area contributed by atoms with Crippen LogP contribution in [0.2, 0.25) is 0 Å². The predicted octanol–water partition coefficient (Wildman–Crippen LogP) is 2.97. The van der Waals surface area contributed by atoms with Gasteiger partial charge in [-0.25, -0.2) is 4.99 Å². The topological polar surface area (TPSA) is 79.1 Å². The van der Waals surface area contributed by atoms with Crippen LogP contribution in [0.1, 0.15) is 29.5 Å². The van der Waals surface area contributed by atoms with Gasteiger partial charge < -0.3 is 24.7 Å². The van der Waals surface area contributed by atoms with Crippen molar-refractivity contribution in [1.29, 1.82) is 0 Å². The molecule has 7 heteroatoms. The largest absolute Gasteiger partial charge is 0.459 e. The van der Waals surface area contributed by atoms with Crippen molar-refractivity contribution in [2.75, 3.05) is 38.7 Å². The van der Waals surface area contributed by atoms with Gasteiger partial charge in [0.1, 0.15) is 0 Å². The van der Waals surface area contributed by atoms with Gasteiger partial charge in [0.25, 0.3) is 5.91 Å². The van der Waals surface area contributed by atoms with Crippen LogP contribution in [0.15, 0.2) is 52.1 Å². The molecule has 150 valence electrons. The number of guanidine groups is 1. The molecule has 1 saturated heterocycles. The molecule has 2 heterocycles. The third-order valence-electron chi connectivity index (χ3n) is 4.66. The Morgan fingerprint density at radius 2 is 2.25 bits per heavy atom. The molecule has 1 aromatic heterocycles. The van der Waals surface area contributed by atoms with E-state index in [1.165, 1.54) is 6.26 Å². The Hall–Kier alpha value is -2.80. The molecule has 1 aromatic carbocycles. The fourth-order valence-electron chi connectivity index (χ4n) is 3.34. The Labute approximate surface area is 165 Å². The second kappa shape index (κ2) is 9.94. The Morgan fingerprint density at radius 3 is 3.00 bits per heavy atom. The van der Waals surface area contributed by atoms with E-state index in [-0.39, 0.29) is 11.7 Å². The predicted molar refractivity (Wildman–Crippen MR) is 109 cm³/mol. The van der Waals surface area contributed by atoms with Gasteiger partial charge in [-0.1, -0.05) is 12.1 Å². The monoisotopic (exact) mass is 384 g/mol. The maximum Gasteiger partial charge on any atom is 0.291 e. The first-order chi connectivity index (χ1) is 13.7. The Morgan fingerprint density at radius 1 is 1.36 bits per heavy atom. The number of nitrogens with one attached hydrogen (secondary N) is 2. The van der Waals surface area contributed by atoms with Crippen LogP contribution in [0.3, 0.4) is 0 Å². The summed E-state index contributed by atoms with van der Waals surface area (Å²) >= 11 is 0. The third kappa shape index (κ3) is 5.36. The Balaban J connectivity index is 1.63. The number of furan rings is 1. The van der Waals surface area contributed by atoms with Crippen molar-refractivity contribution < 1.29 is 13.9 Å². The fourth-order valence-corrected chi connectivity index (χ4v) is 3.34. The smallest absolute Gasteiger partial charge is 0.291 e. The molecule has 1 atom stereocenters. The number of carbonyl (C=O) groups is 1. The molecule has 2 aromatic rings. The van der Waals surface area contributed by atoms with Crippen molar-refractivity contribution >= 4 is 17.6 Å². The molecule has 0 radical (unpaired) electrons. The molecule has 0 aliphatic carbocycles. The van der Waals surface area contributed by atoms with Crippen molar-refractivity contribution in [1.82, 2.24) is 10.2 Å². The number of amides is 1. The van der Waals surface area contributed by atoms with E-state index in [1.807, 2.05) is 24.3 Å². The van der Waals surface area contributed by atoms with Crippen molar-refractivity contribution in [3.63, 3.8) is 0 Å². The summed E-state index contributed by atoms with van der Waals surface area (Å²) in [4.78, 5) is 19.2. The molecular formula is C21H28N4O3. The minimum atomic E-state index is -0.264. The van der Waals surface area contributed by atoms with E-state index < -0.39 is 0 Å². The van der Waals surface area contributed by atoms with Crippen molar-refractivity contribution in [2.24, 2.45) is 10.9 Å². The van der Waals surface area contributed by atoms with Crippen LogP contribution in [0.25, 0.3) is 0 Å². The van der Waals surface area contributed by atoms with E-state index in [0.29, 0.717) is 12.5 Å². The van der Waals surface area contributed by atoms with Gasteiger partial charge in [0.15, 0.2) is 11.7 Å². The standard InChI is InChI=1S/C21H28N4O3/c1-3-22-21(25-10-9-17(14-25)15-27-2)23-13-16-6-4-7-18(12-16)24-20(26)19-8-5-11-28-19/h4-8,11-12,17H,3,9-10,13-15H2,1-2H3,(H,22,23)(H,24,26). The molecule has 0 spiro atoms. The lowest BCUT2D eigenvalue weighted by molar-refractivity contribution is 0.0996. The number of hydrogen-bond donors (Lipinski definition) is 2. The van der Waals surface area contributed by atoms with Gasteiger partial charge in [0, 0.05) is 38.3 Å². The van der Waals surface area contributed by atoms with Gasteiger partial charge in [-0.05, 0) is 43.2 Å². The number of anilines is 1. The number of likely N-dealkylation sites (tertiary alicyclic amines) is 1. The van der Waals surface area contributed by atoms with Gasteiger partial charge in [-0.2, -0.15) is 0 Å². The highest BCUT2D eigenvalue weighted by Gasteiger charge is 2.24. The molecule has 1 aliphatic rings. The molecule has 1 fully saturated rings. The summed E-state index contributed by atoms with van der Waals surface area (Å²) in [6, 6.07) is 11.0. The molecular weight excluding hydrogens is 356 g/mol. The molecule has 1 aliphatic heterocycles. The maximum absolute atomic E-state index is 12.1. The summed E-state index contributed by atoms with van der Waals surface area (Å²) in [6.45, 7) is 6.16. The molecule has 7 nitrogen and oxygen atoms in total. The number of carbonyl (C=O) groups excluding carboxylic acids is 1. The number of rotatable bonds is 7. The second-order valence-corrected chi connectivity index (χ2v) is 6.86. The Bertz CT molecular complexity index is 789. The van der Waals surface area contributed by atoms with E-state index in [0.717, 1.165) is 49.9 Å². The molecule has 28 heavy (non-hydrogen) atoms. The van der Waals surface area contributed by atoms with Crippen molar-refractivity contribution in [2.45, 2.75) is 19.9 Å². The fraction of sp³-hybridized carbons (Fsp3) is 0.429. The number of benzene rings is 1. The van der Waals surface area contributed by atoms with Crippen LogP contribution in [0, 0.1) is 5.92 Å². The lowest BCUT2D eigenvalue weighted by atomic mass is 10.1. The van der Waals surface area contributed by atoms with E-state index in [1.54, 1.807) is 19.2 Å². The zero-order chi connectivity index (χ0) is 19.8. The molecule has 1 amide bonds. The van der Waals surface area contributed by atoms with Gasteiger partial charge in [0.05, 0.1) is 19.4 Å². The van der Waals surface area contributed by atoms with Crippen LogP contribution < -0.4 is 10.6 Å². The second-order valence-electron chi connectivity index (χ2n) is 6.86. The van der Waals surface area contributed by atoms with Gasteiger partial charge in [0.2, 0.25) is 0 Å². The quantitative estimate of drug-likeness (QED) is 0.567. The first-order valence-corrected chi connectivity index (χ1v) is 9.65. The van der Waals surface area contributed by atoms with Gasteiger partial charge in [-0.3, -0.25) is 4.79 Å². The highest BCUT2D eigenvalue weighted by atomic mass is 16.5. The van der Waals surface area contributed by atoms with E-state index in [4.69, 9.17) is 14.1 Å². The average molecular weight is 384 g/mol. The molecule has 3 rings (SSSR count). The van der Waals surface area contributed by atoms with E-state index >= 15 is 0 Å². The summed E-state index contributed by atoms with van der Waals surface area (Å²) in [5, 5.41) is 6.23. The highest BCUT2D eigenvalue weighted by Crippen LogP contribution is 2.17. The SMILES string of the molecule is CCNC(=NCc1cccc(NC(=O)c2ccco2)c1)N1CCC(COC)C1. The molecule has 0 saturated carbocycles. The number of aliphatic imine (C=N–C) groups is 1. The van der Waals surface area contributed by atoms with Crippen LogP contribution in [-0.4, -0.2) is 50.1 Å². The van der Waals surface area contributed by atoms with E-state index in [9.17, 15) is 4.79 Å². The zero-order valence-electron chi connectivity index (χ0n) is 16.5. The number of methoxy groups -OCH3 is 1. The van der Waals surface area contributed by atoms with Gasteiger partial charge in [-0.15, -0.1) is 0 Å². The lowest BCUT2D eigenvalue weighted by Gasteiger charge is -2.21. The average Bonchev–Trinajstić information content (AvgIpc) is 3.38. The highest BCUT2D eigenvalue weighted by molar-refractivity contribution is 6.02. The van der Waals surface area contributed by atoms with Gasteiger partial charge >= 0.3 is 0 Å². The summed E-state index contributed by atoms with van der Waals surface area (Å²) in [5.41, 5.74) is 1.75.